The first-order chi connectivity index (χ1) is 14.8. The van der Waals surface area contributed by atoms with Crippen LogP contribution in [-0.4, -0.2) is 24.0 Å². The van der Waals surface area contributed by atoms with Gasteiger partial charge in [0, 0.05) is 23.3 Å². The second-order valence-corrected chi connectivity index (χ2v) is 10.5. The minimum atomic E-state index is -0.296. The van der Waals surface area contributed by atoms with Crippen molar-refractivity contribution in [2.45, 2.75) is 56.9 Å². The highest BCUT2D eigenvalue weighted by Crippen LogP contribution is 2.66. The Balaban J connectivity index is 1.40. The Morgan fingerprint density at radius 3 is 2.48 bits per heavy atom. The van der Waals surface area contributed by atoms with Crippen LogP contribution < -0.4 is 15.5 Å². The standard InChI is InChI=1S/C25H29ClN2O3/c1-15(28-23(30)20-8-21(29)22(31-2)13-27-20)24-9-16-7-17(10-24)12-25(11-16,14-24)18-3-5-19(26)6-4-18/h3-6,8,13,15-17H,7,9-12,14H2,1-2H3,(H,27,29)(H,28,30). The molecule has 1 amide bonds. The minimum Gasteiger partial charge on any atom is -0.491 e. The molecular formula is C25H29ClN2O3. The minimum absolute atomic E-state index is 0.0307. The summed E-state index contributed by atoms with van der Waals surface area (Å²) in [5, 5.41) is 4.00. The van der Waals surface area contributed by atoms with Gasteiger partial charge >= 0.3 is 0 Å². The molecule has 2 N–H and O–H groups in total. The third-order valence-corrected chi connectivity index (χ3v) is 8.42. The molecule has 4 bridgehead atoms. The maximum absolute atomic E-state index is 13.0. The molecule has 3 unspecified atom stereocenters. The summed E-state index contributed by atoms with van der Waals surface area (Å²) in [4.78, 5) is 27.9. The van der Waals surface area contributed by atoms with E-state index in [0.29, 0.717) is 11.8 Å². The lowest BCUT2D eigenvalue weighted by Gasteiger charge is -2.64. The van der Waals surface area contributed by atoms with Crippen LogP contribution in [0.25, 0.3) is 0 Å². The van der Waals surface area contributed by atoms with Gasteiger partial charge in [0.25, 0.3) is 5.91 Å². The van der Waals surface area contributed by atoms with Crippen molar-refractivity contribution in [3.63, 3.8) is 0 Å². The van der Waals surface area contributed by atoms with Crippen molar-refractivity contribution in [2.24, 2.45) is 17.3 Å². The first kappa shape index (κ1) is 20.6. The molecule has 6 heteroatoms. The number of carbonyl (C=O) groups is 1. The Hall–Kier alpha value is -2.27. The predicted octanol–water partition coefficient (Wildman–Crippen LogP) is 4.69. The van der Waals surface area contributed by atoms with E-state index in [2.05, 4.69) is 29.4 Å². The first-order valence-corrected chi connectivity index (χ1v) is 11.5. The van der Waals surface area contributed by atoms with E-state index in [1.54, 1.807) is 0 Å². The predicted molar refractivity (Wildman–Crippen MR) is 121 cm³/mol. The van der Waals surface area contributed by atoms with Crippen LogP contribution in [0.2, 0.25) is 5.02 Å². The number of amides is 1. The third-order valence-electron chi connectivity index (χ3n) is 8.17. The normalized spacial score (nSPS) is 32.0. The fourth-order valence-corrected chi connectivity index (χ4v) is 7.28. The quantitative estimate of drug-likeness (QED) is 0.708. The molecule has 0 spiro atoms. The molecule has 4 aliphatic carbocycles. The highest BCUT2D eigenvalue weighted by molar-refractivity contribution is 6.30. The van der Waals surface area contributed by atoms with E-state index in [1.807, 2.05) is 12.1 Å². The van der Waals surface area contributed by atoms with E-state index in [-0.39, 0.29) is 39.7 Å². The molecule has 3 atom stereocenters. The summed E-state index contributed by atoms with van der Waals surface area (Å²) < 4.78 is 5.00. The number of halogens is 1. The van der Waals surface area contributed by atoms with Crippen LogP contribution in [0.5, 0.6) is 5.75 Å². The van der Waals surface area contributed by atoms with Gasteiger partial charge in [-0.15, -0.1) is 0 Å². The van der Waals surface area contributed by atoms with Gasteiger partial charge in [-0.05, 0) is 85.8 Å². The van der Waals surface area contributed by atoms with Crippen molar-refractivity contribution < 1.29 is 9.53 Å². The summed E-state index contributed by atoms with van der Waals surface area (Å²) in [6.07, 6.45) is 8.65. The van der Waals surface area contributed by atoms with E-state index < -0.39 is 0 Å². The summed E-state index contributed by atoms with van der Waals surface area (Å²) in [5.74, 6) is 1.38. The van der Waals surface area contributed by atoms with Gasteiger partial charge in [0.05, 0.1) is 7.11 Å². The molecule has 4 aliphatic rings. The Morgan fingerprint density at radius 1 is 1.19 bits per heavy atom. The van der Waals surface area contributed by atoms with Crippen LogP contribution in [0, 0.1) is 17.3 Å². The lowest BCUT2D eigenvalue weighted by atomic mass is 9.41. The maximum atomic E-state index is 13.0. The summed E-state index contributed by atoms with van der Waals surface area (Å²) in [6, 6.07) is 9.77. The van der Waals surface area contributed by atoms with Gasteiger partial charge in [0.15, 0.2) is 5.75 Å². The molecule has 1 heterocycles. The van der Waals surface area contributed by atoms with Crippen molar-refractivity contribution in [2.75, 3.05) is 7.11 Å². The smallest absolute Gasteiger partial charge is 0.268 e. The molecule has 1 aromatic heterocycles. The maximum Gasteiger partial charge on any atom is 0.268 e. The van der Waals surface area contributed by atoms with Crippen molar-refractivity contribution in [3.05, 3.63) is 63.0 Å². The highest BCUT2D eigenvalue weighted by Gasteiger charge is 2.59. The molecule has 1 aromatic carbocycles. The number of rotatable bonds is 5. The Bertz CT molecular complexity index is 1050. The summed E-state index contributed by atoms with van der Waals surface area (Å²) in [7, 11) is 1.44. The molecule has 164 valence electrons. The number of hydrogen-bond acceptors (Lipinski definition) is 3. The number of nitrogens with one attached hydrogen (secondary N) is 2. The monoisotopic (exact) mass is 440 g/mol. The SMILES string of the molecule is COc1c[nH]c(C(=O)NC(C)C23CC4CC(CC(c5ccc(Cl)cc5)(C4)C2)C3)cc1=O. The molecule has 4 fully saturated rings. The van der Waals surface area contributed by atoms with Gasteiger partial charge in [-0.3, -0.25) is 9.59 Å². The van der Waals surface area contributed by atoms with E-state index >= 15 is 0 Å². The topological polar surface area (TPSA) is 71.2 Å². The summed E-state index contributed by atoms with van der Waals surface area (Å²) >= 11 is 6.16. The fraction of sp³-hybridized carbons (Fsp3) is 0.520. The lowest BCUT2D eigenvalue weighted by molar-refractivity contribution is -0.0865. The second-order valence-electron chi connectivity index (χ2n) is 10.1. The molecule has 4 saturated carbocycles. The number of pyridine rings is 1. The second kappa shape index (κ2) is 7.40. The van der Waals surface area contributed by atoms with Crippen LogP contribution in [-0.2, 0) is 5.41 Å². The van der Waals surface area contributed by atoms with Crippen LogP contribution in [0.1, 0.15) is 61.5 Å². The van der Waals surface area contributed by atoms with Gasteiger partial charge in [0.1, 0.15) is 5.69 Å². The van der Waals surface area contributed by atoms with E-state index in [0.717, 1.165) is 11.4 Å². The number of H-pyrrole nitrogens is 1. The van der Waals surface area contributed by atoms with Crippen LogP contribution in [0.15, 0.2) is 41.3 Å². The number of carbonyl (C=O) groups excluding carboxylic acids is 1. The number of benzene rings is 1. The summed E-state index contributed by atoms with van der Waals surface area (Å²) in [5.41, 5.74) is 1.65. The van der Waals surface area contributed by atoms with Gasteiger partial charge in [-0.25, -0.2) is 0 Å². The largest absolute Gasteiger partial charge is 0.491 e. The number of hydrogen-bond donors (Lipinski definition) is 2. The van der Waals surface area contributed by atoms with Crippen molar-refractivity contribution >= 4 is 17.5 Å². The number of methoxy groups -OCH3 is 1. The molecule has 0 radical (unpaired) electrons. The highest BCUT2D eigenvalue weighted by atomic mass is 35.5. The average Bonchev–Trinajstić information content (AvgIpc) is 2.73. The zero-order valence-electron chi connectivity index (χ0n) is 18.0. The molecule has 6 rings (SSSR count). The van der Waals surface area contributed by atoms with Crippen LogP contribution in [0.3, 0.4) is 0 Å². The third kappa shape index (κ3) is 3.47. The molecule has 31 heavy (non-hydrogen) atoms. The van der Waals surface area contributed by atoms with Gasteiger partial charge in [-0.1, -0.05) is 23.7 Å². The molecule has 0 aliphatic heterocycles. The van der Waals surface area contributed by atoms with E-state index in [1.165, 1.54) is 57.0 Å². The van der Waals surface area contributed by atoms with E-state index in [4.69, 9.17) is 16.3 Å². The molecular weight excluding hydrogens is 412 g/mol. The first-order valence-electron chi connectivity index (χ1n) is 11.2. The van der Waals surface area contributed by atoms with Crippen molar-refractivity contribution in [1.29, 1.82) is 0 Å². The lowest BCUT2D eigenvalue weighted by Crippen LogP contribution is -2.60. The Labute approximate surface area is 187 Å². The average molecular weight is 441 g/mol. The molecule has 2 aromatic rings. The van der Waals surface area contributed by atoms with Gasteiger partial charge in [0.2, 0.25) is 5.43 Å². The number of ether oxygens (including phenoxy) is 1. The fourth-order valence-electron chi connectivity index (χ4n) is 7.16. The summed E-state index contributed by atoms with van der Waals surface area (Å²) in [6.45, 7) is 2.14. The molecule has 5 nitrogen and oxygen atoms in total. The zero-order valence-corrected chi connectivity index (χ0v) is 18.8. The van der Waals surface area contributed by atoms with Gasteiger partial charge < -0.3 is 15.0 Å². The number of aromatic nitrogens is 1. The van der Waals surface area contributed by atoms with Crippen LogP contribution >= 0.6 is 11.6 Å². The van der Waals surface area contributed by atoms with Crippen molar-refractivity contribution in [3.8, 4) is 5.75 Å². The number of aromatic amines is 1. The Morgan fingerprint density at radius 2 is 1.87 bits per heavy atom. The van der Waals surface area contributed by atoms with Gasteiger partial charge in [-0.2, -0.15) is 0 Å². The molecule has 0 saturated heterocycles. The van der Waals surface area contributed by atoms with Crippen molar-refractivity contribution in [1.82, 2.24) is 10.3 Å². The Kier molecular flexibility index (Phi) is 4.93. The van der Waals surface area contributed by atoms with Crippen LogP contribution in [0.4, 0.5) is 0 Å². The zero-order chi connectivity index (χ0) is 21.8. The van der Waals surface area contributed by atoms with E-state index in [9.17, 15) is 9.59 Å².